The van der Waals surface area contributed by atoms with E-state index in [1.807, 2.05) is 0 Å². The molecule has 0 aliphatic carbocycles. The number of phenols is 1. The van der Waals surface area contributed by atoms with E-state index in [2.05, 4.69) is 0 Å². The number of aromatic hydroxyl groups is 1. The average Bonchev–Trinajstić information content (AvgIpc) is 2.18. The summed E-state index contributed by atoms with van der Waals surface area (Å²) in [5, 5.41) is 9.23. The van der Waals surface area contributed by atoms with Gasteiger partial charge in [0.15, 0.2) is 0 Å². The van der Waals surface area contributed by atoms with E-state index >= 15 is 0 Å². The molecule has 1 rings (SSSR count). The first-order valence-electron chi connectivity index (χ1n) is 4.83. The van der Waals surface area contributed by atoms with Crippen molar-refractivity contribution in [2.75, 3.05) is 6.61 Å². The van der Waals surface area contributed by atoms with Crippen molar-refractivity contribution < 1.29 is 14.6 Å². The molecule has 4 nitrogen and oxygen atoms in total. The van der Waals surface area contributed by atoms with Crippen LogP contribution in [0.3, 0.4) is 0 Å². The number of hydrogen-bond donors (Lipinski definition) is 2. The summed E-state index contributed by atoms with van der Waals surface area (Å²) in [5.41, 5.74) is 6.51. The third-order valence-electron chi connectivity index (χ3n) is 1.99. The molecule has 0 aromatic heterocycles. The highest BCUT2D eigenvalue weighted by Gasteiger charge is 2.12. The van der Waals surface area contributed by atoms with E-state index in [0.29, 0.717) is 6.61 Å². The second kappa shape index (κ2) is 6.85. The van der Waals surface area contributed by atoms with Gasteiger partial charge in [-0.15, -0.1) is 0 Å². The molecular weight excluding hydrogens is 206 g/mol. The van der Waals surface area contributed by atoms with E-state index in [9.17, 15) is 9.90 Å². The van der Waals surface area contributed by atoms with Crippen molar-refractivity contribution in [1.82, 2.24) is 0 Å². The molecule has 0 saturated heterocycles. The SMILES string of the molecule is C.CCOC(=O)CC(N)c1cccc(O)c1. The van der Waals surface area contributed by atoms with Crippen molar-refractivity contribution in [3.05, 3.63) is 29.8 Å². The summed E-state index contributed by atoms with van der Waals surface area (Å²) in [5.74, 6) is -0.180. The van der Waals surface area contributed by atoms with Gasteiger partial charge in [0.2, 0.25) is 0 Å². The minimum Gasteiger partial charge on any atom is -0.508 e. The number of benzene rings is 1. The minimum atomic E-state index is -0.434. The molecule has 90 valence electrons. The van der Waals surface area contributed by atoms with Gasteiger partial charge in [0, 0.05) is 6.04 Å². The predicted octanol–water partition coefficient (Wildman–Crippen LogP) is 1.98. The molecule has 0 saturated carbocycles. The molecule has 0 aliphatic heterocycles. The lowest BCUT2D eigenvalue weighted by Gasteiger charge is -2.11. The fourth-order valence-corrected chi connectivity index (χ4v) is 1.27. The van der Waals surface area contributed by atoms with E-state index in [4.69, 9.17) is 10.5 Å². The molecular formula is C12H19NO3. The monoisotopic (exact) mass is 225 g/mol. The number of carbonyl (C=O) groups is 1. The van der Waals surface area contributed by atoms with Gasteiger partial charge in [-0.3, -0.25) is 4.79 Å². The number of ether oxygens (including phenoxy) is 1. The molecule has 16 heavy (non-hydrogen) atoms. The second-order valence-electron chi connectivity index (χ2n) is 3.21. The van der Waals surface area contributed by atoms with Crippen molar-refractivity contribution >= 4 is 5.97 Å². The van der Waals surface area contributed by atoms with Gasteiger partial charge in [0.05, 0.1) is 13.0 Å². The van der Waals surface area contributed by atoms with Crippen LogP contribution in [0.25, 0.3) is 0 Å². The number of nitrogens with two attached hydrogens (primary N) is 1. The van der Waals surface area contributed by atoms with E-state index < -0.39 is 6.04 Å². The molecule has 0 bridgehead atoms. The Morgan fingerprint density at radius 1 is 1.56 bits per heavy atom. The molecule has 0 spiro atoms. The minimum absolute atomic E-state index is 0. The summed E-state index contributed by atoms with van der Waals surface area (Å²) >= 11 is 0. The van der Waals surface area contributed by atoms with Crippen molar-refractivity contribution in [1.29, 1.82) is 0 Å². The Hall–Kier alpha value is -1.55. The third kappa shape index (κ3) is 4.31. The van der Waals surface area contributed by atoms with Crippen LogP contribution in [0.15, 0.2) is 24.3 Å². The van der Waals surface area contributed by atoms with Crippen LogP contribution in [0.2, 0.25) is 0 Å². The lowest BCUT2D eigenvalue weighted by Crippen LogP contribution is -2.17. The molecule has 4 heteroatoms. The molecule has 0 fully saturated rings. The van der Waals surface area contributed by atoms with Gasteiger partial charge in [-0.2, -0.15) is 0 Å². The average molecular weight is 225 g/mol. The number of esters is 1. The first-order chi connectivity index (χ1) is 7.13. The molecule has 1 aromatic carbocycles. The fourth-order valence-electron chi connectivity index (χ4n) is 1.27. The molecule has 0 aliphatic rings. The Balaban J connectivity index is 0.00000225. The van der Waals surface area contributed by atoms with E-state index in [1.54, 1.807) is 31.2 Å². The zero-order valence-electron chi connectivity index (χ0n) is 8.64. The molecule has 3 N–H and O–H groups in total. The Labute approximate surface area is 96.0 Å². The largest absolute Gasteiger partial charge is 0.508 e. The van der Waals surface area contributed by atoms with Crippen molar-refractivity contribution in [2.24, 2.45) is 5.73 Å². The van der Waals surface area contributed by atoms with Gasteiger partial charge in [-0.25, -0.2) is 0 Å². The Morgan fingerprint density at radius 2 is 2.25 bits per heavy atom. The van der Waals surface area contributed by atoms with Crippen LogP contribution in [0, 0.1) is 0 Å². The highest BCUT2D eigenvalue weighted by atomic mass is 16.5. The highest BCUT2D eigenvalue weighted by Crippen LogP contribution is 2.19. The summed E-state index contributed by atoms with van der Waals surface area (Å²) in [4.78, 5) is 11.1. The third-order valence-corrected chi connectivity index (χ3v) is 1.99. The van der Waals surface area contributed by atoms with E-state index in [1.165, 1.54) is 0 Å². The van der Waals surface area contributed by atoms with Crippen LogP contribution in [-0.2, 0) is 9.53 Å². The lowest BCUT2D eigenvalue weighted by molar-refractivity contribution is -0.143. The topological polar surface area (TPSA) is 72.5 Å². The maximum Gasteiger partial charge on any atom is 0.307 e. The maximum absolute atomic E-state index is 11.1. The number of carbonyl (C=O) groups excluding carboxylic acids is 1. The zero-order valence-corrected chi connectivity index (χ0v) is 8.64. The number of hydrogen-bond acceptors (Lipinski definition) is 4. The van der Waals surface area contributed by atoms with Crippen LogP contribution < -0.4 is 5.73 Å². The highest BCUT2D eigenvalue weighted by molar-refractivity contribution is 5.70. The van der Waals surface area contributed by atoms with Crippen molar-refractivity contribution in [2.45, 2.75) is 26.8 Å². The molecule has 0 amide bonds. The molecule has 0 heterocycles. The second-order valence-corrected chi connectivity index (χ2v) is 3.21. The van der Waals surface area contributed by atoms with E-state index in [-0.39, 0.29) is 25.6 Å². The van der Waals surface area contributed by atoms with Crippen LogP contribution >= 0.6 is 0 Å². The normalized spacial score (nSPS) is 11.4. The number of phenolic OH excluding ortho intramolecular Hbond substituents is 1. The smallest absolute Gasteiger partial charge is 0.307 e. The van der Waals surface area contributed by atoms with Crippen LogP contribution in [0.4, 0.5) is 0 Å². The lowest BCUT2D eigenvalue weighted by atomic mass is 10.0. The van der Waals surface area contributed by atoms with Gasteiger partial charge in [0.1, 0.15) is 5.75 Å². The van der Waals surface area contributed by atoms with Gasteiger partial charge >= 0.3 is 5.97 Å². The Bertz CT molecular complexity index is 339. The summed E-state index contributed by atoms with van der Waals surface area (Å²) < 4.78 is 4.78. The summed E-state index contributed by atoms with van der Waals surface area (Å²) in [7, 11) is 0. The standard InChI is InChI=1S/C11H15NO3.CH4/c1-2-15-11(14)7-10(12)8-4-3-5-9(13)6-8;/h3-6,10,13H,2,7,12H2,1H3;1H4. The maximum atomic E-state index is 11.1. The summed E-state index contributed by atoms with van der Waals surface area (Å²) in [6, 6.07) is 6.13. The van der Waals surface area contributed by atoms with Crippen LogP contribution in [0.1, 0.15) is 32.4 Å². The molecule has 0 radical (unpaired) electrons. The van der Waals surface area contributed by atoms with E-state index in [0.717, 1.165) is 5.56 Å². The first-order valence-corrected chi connectivity index (χ1v) is 4.83. The molecule has 1 aromatic rings. The zero-order chi connectivity index (χ0) is 11.3. The quantitative estimate of drug-likeness (QED) is 0.768. The first kappa shape index (κ1) is 14.5. The molecule has 1 atom stereocenters. The van der Waals surface area contributed by atoms with Crippen molar-refractivity contribution in [3.8, 4) is 5.75 Å². The van der Waals surface area contributed by atoms with Gasteiger partial charge in [0.25, 0.3) is 0 Å². The summed E-state index contributed by atoms with van der Waals surface area (Å²) in [6.07, 6.45) is 0.122. The van der Waals surface area contributed by atoms with Gasteiger partial charge in [-0.1, -0.05) is 19.6 Å². The fraction of sp³-hybridized carbons (Fsp3) is 0.417. The summed E-state index contributed by atoms with van der Waals surface area (Å²) in [6.45, 7) is 2.10. The Kier molecular flexibility index (Phi) is 6.18. The van der Waals surface area contributed by atoms with Crippen molar-refractivity contribution in [3.63, 3.8) is 0 Å². The van der Waals surface area contributed by atoms with Crippen LogP contribution in [0.5, 0.6) is 5.75 Å². The predicted molar refractivity (Wildman–Crippen MR) is 63.0 cm³/mol. The van der Waals surface area contributed by atoms with Crippen LogP contribution in [-0.4, -0.2) is 17.7 Å². The Morgan fingerprint density at radius 3 is 2.81 bits per heavy atom. The number of rotatable bonds is 4. The molecule has 1 unspecified atom stereocenters. The van der Waals surface area contributed by atoms with Gasteiger partial charge < -0.3 is 15.6 Å². The van der Waals surface area contributed by atoms with Gasteiger partial charge in [-0.05, 0) is 24.6 Å².